The molecule has 1 aromatic rings. The minimum Gasteiger partial charge on any atom is -0.476 e. The second-order valence-corrected chi connectivity index (χ2v) is 5.41. The molecule has 1 atom stereocenters. The van der Waals surface area contributed by atoms with Gasteiger partial charge in [-0.2, -0.15) is 4.98 Å². The third kappa shape index (κ3) is 3.77. The zero-order chi connectivity index (χ0) is 15.3. The van der Waals surface area contributed by atoms with Crippen LogP contribution >= 0.6 is 0 Å². The van der Waals surface area contributed by atoms with E-state index >= 15 is 0 Å². The second kappa shape index (κ2) is 6.47. The van der Waals surface area contributed by atoms with Crippen molar-refractivity contribution in [3.63, 3.8) is 0 Å². The van der Waals surface area contributed by atoms with Gasteiger partial charge in [0.1, 0.15) is 6.33 Å². The Kier molecular flexibility index (Phi) is 5.20. The third-order valence-corrected chi connectivity index (χ3v) is 2.94. The van der Waals surface area contributed by atoms with Crippen molar-refractivity contribution in [2.24, 2.45) is 5.41 Å². The van der Waals surface area contributed by atoms with E-state index < -0.39 is 4.92 Å². The molecule has 0 bridgehead atoms. The third-order valence-electron chi connectivity index (χ3n) is 2.94. The van der Waals surface area contributed by atoms with Crippen LogP contribution in [0.1, 0.15) is 27.2 Å². The van der Waals surface area contributed by atoms with E-state index in [1.165, 1.54) is 13.4 Å². The lowest BCUT2D eigenvalue weighted by atomic mass is 9.85. The molecule has 8 heteroatoms. The van der Waals surface area contributed by atoms with Crippen molar-refractivity contribution in [3.05, 3.63) is 16.4 Å². The van der Waals surface area contributed by atoms with Gasteiger partial charge in [0.05, 0.1) is 12.0 Å². The molecular weight excluding hydrogens is 264 g/mol. The van der Waals surface area contributed by atoms with E-state index in [1.807, 2.05) is 20.8 Å². The summed E-state index contributed by atoms with van der Waals surface area (Å²) in [6, 6.07) is -0.175. The molecule has 0 aliphatic rings. The average molecular weight is 284 g/mol. The number of methoxy groups -OCH3 is 1. The van der Waals surface area contributed by atoms with Gasteiger partial charge in [-0.1, -0.05) is 20.8 Å². The van der Waals surface area contributed by atoms with Crippen LogP contribution in [-0.2, 0) is 0 Å². The van der Waals surface area contributed by atoms with Crippen molar-refractivity contribution in [2.45, 2.75) is 33.2 Å². The fourth-order valence-electron chi connectivity index (χ4n) is 1.80. The van der Waals surface area contributed by atoms with Gasteiger partial charge in [-0.25, -0.2) is 4.98 Å². The first kappa shape index (κ1) is 16.1. The molecular formula is C12H20N4O4. The van der Waals surface area contributed by atoms with Crippen molar-refractivity contribution >= 4 is 11.5 Å². The molecule has 0 radical (unpaired) electrons. The maximum absolute atomic E-state index is 11.1. The molecule has 20 heavy (non-hydrogen) atoms. The van der Waals surface area contributed by atoms with Crippen LogP contribution < -0.4 is 10.1 Å². The van der Waals surface area contributed by atoms with Gasteiger partial charge in [-0.15, -0.1) is 0 Å². The summed E-state index contributed by atoms with van der Waals surface area (Å²) in [5.74, 6) is -0.000572. The van der Waals surface area contributed by atoms with E-state index in [2.05, 4.69) is 15.3 Å². The molecule has 2 N–H and O–H groups in total. The fraction of sp³-hybridized carbons (Fsp3) is 0.667. The molecule has 1 unspecified atom stereocenters. The Morgan fingerprint density at radius 1 is 1.50 bits per heavy atom. The van der Waals surface area contributed by atoms with Crippen LogP contribution in [0.2, 0.25) is 0 Å². The minimum atomic E-state index is -0.583. The highest BCUT2D eigenvalue weighted by Crippen LogP contribution is 2.33. The number of anilines is 1. The second-order valence-electron chi connectivity index (χ2n) is 5.41. The summed E-state index contributed by atoms with van der Waals surface area (Å²) < 4.78 is 4.89. The van der Waals surface area contributed by atoms with Crippen LogP contribution in [0.25, 0.3) is 0 Å². The topological polar surface area (TPSA) is 110 Å². The largest absolute Gasteiger partial charge is 0.476 e. The van der Waals surface area contributed by atoms with Gasteiger partial charge in [0.2, 0.25) is 5.82 Å². The van der Waals surface area contributed by atoms with Gasteiger partial charge in [0.25, 0.3) is 5.88 Å². The van der Waals surface area contributed by atoms with Crippen LogP contribution in [0.4, 0.5) is 11.5 Å². The molecule has 0 spiro atoms. The van der Waals surface area contributed by atoms with Gasteiger partial charge < -0.3 is 15.2 Å². The molecule has 1 heterocycles. The van der Waals surface area contributed by atoms with Gasteiger partial charge in [0.15, 0.2) is 0 Å². The number of nitro groups is 1. The molecule has 0 saturated carbocycles. The number of hydrogen-bond acceptors (Lipinski definition) is 7. The van der Waals surface area contributed by atoms with Crippen LogP contribution in [0.3, 0.4) is 0 Å². The maximum atomic E-state index is 11.1. The molecule has 0 saturated heterocycles. The fourth-order valence-corrected chi connectivity index (χ4v) is 1.80. The highest BCUT2D eigenvalue weighted by Gasteiger charge is 2.30. The summed E-state index contributed by atoms with van der Waals surface area (Å²) in [7, 11) is 1.31. The predicted molar refractivity (Wildman–Crippen MR) is 73.8 cm³/mol. The molecule has 1 rings (SSSR count). The first-order valence-corrected chi connectivity index (χ1v) is 6.22. The maximum Gasteiger partial charge on any atom is 0.372 e. The summed E-state index contributed by atoms with van der Waals surface area (Å²) in [5.41, 5.74) is -0.503. The van der Waals surface area contributed by atoms with Gasteiger partial charge in [-0.05, 0) is 11.8 Å². The summed E-state index contributed by atoms with van der Waals surface area (Å²) in [4.78, 5) is 18.2. The monoisotopic (exact) mass is 284 g/mol. The van der Waals surface area contributed by atoms with Crippen molar-refractivity contribution in [1.29, 1.82) is 0 Å². The van der Waals surface area contributed by atoms with Crippen molar-refractivity contribution in [1.82, 2.24) is 9.97 Å². The molecule has 0 aliphatic heterocycles. The zero-order valence-corrected chi connectivity index (χ0v) is 12.1. The Balaban J connectivity index is 3.16. The summed E-state index contributed by atoms with van der Waals surface area (Å²) in [6.45, 7) is 5.91. The van der Waals surface area contributed by atoms with Crippen molar-refractivity contribution in [2.75, 3.05) is 19.0 Å². The van der Waals surface area contributed by atoms with E-state index in [1.54, 1.807) is 0 Å². The molecule has 112 valence electrons. The predicted octanol–water partition coefficient (Wildman–Crippen LogP) is 1.60. The molecule has 0 aliphatic carbocycles. The van der Waals surface area contributed by atoms with Crippen LogP contribution in [-0.4, -0.2) is 39.8 Å². The van der Waals surface area contributed by atoms with Gasteiger partial charge in [-0.3, -0.25) is 10.1 Å². The Labute approximate surface area is 117 Å². The molecule has 0 fully saturated rings. The van der Waals surface area contributed by atoms with Crippen LogP contribution in [0.5, 0.6) is 5.88 Å². The minimum absolute atomic E-state index is 0.0229. The lowest BCUT2D eigenvalue weighted by Crippen LogP contribution is -2.35. The van der Waals surface area contributed by atoms with E-state index in [-0.39, 0.29) is 35.4 Å². The molecule has 0 aromatic carbocycles. The van der Waals surface area contributed by atoms with E-state index in [0.29, 0.717) is 6.42 Å². The molecule has 0 amide bonds. The number of rotatable bonds is 6. The smallest absolute Gasteiger partial charge is 0.372 e. The molecule has 1 aromatic heterocycles. The lowest BCUT2D eigenvalue weighted by Gasteiger charge is -2.31. The van der Waals surface area contributed by atoms with Crippen molar-refractivity contribution < 1.29 is 14.8 Å². The number of nitrogens with one attached hydrogen (secondary N) is 1. The van der Waals surface area contributed by atoms with E-state index in [0.717, 1.165) is 0 Å². The summed E-state index contributed by atoms with van der Waals surface area (Å²) >= 11 is 0. The Hall–Kier alpha value is -1.96. The number of ether oxygens (including phenoxy) is 1. The summed E-state index contributed by atoms with van der Waals surface area (Å²) in [6.07, 6.45) is 1.65. The number of nitrogens with zero attached hydrogens (tertiary/aromatic N) is 3. The number of hydrogen-bond donors (Lipinski definition) is 2. The number of aromatic nitrogens is 2. The SMILES string of the molecule is COc1ncnc(NC(CCO)C(C)(C)C)c1[N+](=O)[O-]. The van der Waals surface area contributed by atoms with Crippen molar-refractivity contribution in [3.8, 4) is 5.88 Å². The highest BCUT2D eigenvalue weighted by atomic mass is 16.6. The Morgan fingerprint density at radius 2 is 2.15 bits per heavy atom. The van der Waals surface area contributed by atoms with Crippen LogP contribution in [0, 0.1) is 15.5 Å². The summed E-state index contributed by atoms with van der Waals surface area (Å²) in [5, 5.41) is 23.3. The zero-order valence-electron chi connectivity index (χ0n) is 12.1. The van der Waals surface area contributed by atoms with Crippen LogP contribution in [0.15, 0.2) is 6.33 Å². The van der Waals surface area contributed by atoms with Gasteiger partial charge >= 0.3 is 5.69 Å². The number of aliphatic hydroxyl groups is 1. The first-order chi connectivity index (χ1) is 9.31. The molecule has 8 nitrogen and oxygen atoms in total. The first-order valence-electron chi connectivity index (χ1n) is 6.22. The van der Waals surface area contributed by atoms with E-state index in [4.69, 9.17) is 9.84 Å². The highest BCUT2D eigenvalue weighted by molar-refractivity contribution is 5.61. The van der Waals surface area contributed by atoms with Gasteiger partial charge in [0, 0.05) is 12.6 Å². The average Bonchev–Trinajstić information content (AvgIpc) is 2.36. The standard InChI is InChI=1S/C12H20N4O4/c1-12(2,3)8(5-6-17)15-10-9(16(18)19)11(20-4)14-7-13-10/h7-8,17H,5-6H2,1-4H3,(H,13,14,15). The Morgan fingerprint density at radius 3 is 2.60 bits per heavy atom. The number of aliphatic hydroxyl groups excluding tert-OH is 1. The normalized spacial score (nSPS) is 12.8. The lowest BCUT2D eigenvalue weighted by molar-refractivity contribution is -0.385. The quantitative estimate of drug-likeness (QED) is 0.603. The van der Waals surface area contributed by atoms with E-state index in [9.17, 15) is 10.1 Å². The Bertz CT molecular complexity index is 473.